The Bertz CT molecular complexity index is 852. The Morgan fingerprint density at radius 1 is 1.32 bits per heavy atom. The van der Waals surface area contributed by atoms with Gasteiger partial charge in [-0.1, -0.05) is 0 Å². The third-order valence-corrected chi connectivity index (χ3v) is 3.67. The molecule has 112 valence electrons. The van der Waals surface area contributed by atoms with Crippen molar-refractivity contribution in [3.8, 4) is 0 Å². The second-order valence-electron chi connectivity index (χ2n) is 5.10. The number of anilines is 1. The summed E-state index contributed by atoms with van der Waals surface area (Å²) in [7, 11) is 0. The highest BCUT2D eigenvalue weighted by atomic mass is 19.1. The van der Waals surface area contributed by atoms with Gasteiger partial charge in [0.1, 0.15) is 5.82 Å². The van der Waals surface area contributed by atoms with Crippen LogP contribution < -0.4 is 5.32 Å². The number of nitrogens with zero attached hydrogens (tertiary/aromatic N) is 1. The summed E-state index contributed by atoms with van der Waals surface area (Å²) in [4.78, 5) is 25.5. The van der Waals surface area contributed by atoms with Crippen molar-refractivity contribution < 1.29 is 14.1 Å². The highest BCUT2D eigenvalue weighted by Gasteiger charge is 2.26. The molecular weight excluding hydrogens is 289 g/mol. The van der Waals surface area contributed by atoms with Crippen LogP contribution in [0.5, 0.6) is 0 Å². The number of hydrogen-bond acceptors (Lipinski definition) is 3. The second kappa shape index (κ2) is 4.80. The molecule has 1 amide bonds. The second-order valence-corrected chi connectivity index (χ2v) is 5.10. The van der Waals surface area contributed by atoms with Crippen LogP contribution in [-0.4, -0.2) is 15.8 Å². The van der Waals surface area contributed by atoms with Gasteiger partial charge in [-0.3, -0.25) is 14.9 Å². The summed E-state index contributed by atoms with van der Waals surface area (Å²) in [5.41, 5.74) is 2.54. The summed E-state index contributed by atoms with van der Waals surface area (Å²) >= 11 is 0. The maximum atomic E-state index is 13.4. The van der Waals surface area contributed by atoms with Crippen LogP contribution in [0, 0.1) is 29.8 Å². The van der Waals surface area contributed by atoms with Crippen LogP contribution in [0.1, 0.15) is 22.5 Å². The Labute approximate surface area is 124 Å². The fraction of sp³-hybridized carbons (Fsp3) is 0.133. The number of aryl methyl sites for hydroxylation is 1. The standard InChI is InChI=1S/C15H12FN3O3/c1-7-13(17-8(2)14(7)19(21)22)6-11-10-5-9(16)3-4-12(10)18-15(11)20/h3-6,17H,1-2H3,(H,18,20). The lowest BCUT2D eigenvalue weighted by Gasteiger charge is -1.98. The van der Waals surface area contributed by atoms with Crippen LogP contribution in [0.15, 0.2) is 18.2 Å². The number of fused-ring (bicyclic) bond motifs is 1. The largest absolute Gasteiger partial charge is 0.353 e. The van der Waals surface area contributed by atoms with Gasteiger partial charge in [-0.05, 0) is 38.1 Å². The molecule has 0 saturated carbocycles. The summed E-state index contributed by atoms with van der Waals surface area (Å²) in [5, 5.41) is 13.7. The number of carbonyl (C=O) groups is 1. The Hall–Kier alpha value is -2.96. The summed E-state index contributed by atoms with van der Waals surface area (Å²) in [6.07, 6.45) is 1.51. The zero-order valence-corrected chi connectivity index (χ0v) is 11.9. The quantitative estimate of drug-likeness (QED) is 0.507. The van der Waals surface area contributed by atoms with Crippen molar-refractivity contribution in [2.45, 2.75) is 13.8 Å². The maximum Gasteiger partial charge on any atom is 0.293 e. The molecule has 2 aromatic rings. The lowest BCUT2D eigenvalue weighted by molar-refractivity contribution is -0.385. The number of benzene rings is 1. The first-order valence-electron chi connectivity index (χ1n) is 6.55. The van der Waals surface area contributed by atoms with Gasteiger partial charge in [0.15, 0.2) is 0 Å². The van der Waals surface area contributed by atoms with E-state index in [9.17, 15) is 19.3 Å². The Morgan fingerprint density at radius 2 is 2.05 bits per heavy atom. The number of nitrogens with one attached hydrogen (secondary N) is 2. The molecule has 0 saturated heterocycles. The number of nitro groups is 1. The van der Waals surface area contributed by atoms with Crippen LogP contribution in [-0.2, 0) is 4.79 Å². The van der Waals surface area contributed by atoms with Gasteiger partial charge >= 0.3 is 0 Å². The van der Waals surface area contributed by atoms with Crippen molar-refractivity contribution in [3.63, 3.8) is 0 Å². The van der Waals surface area contributed by atoms with E-state index >= 15 is 0 Å². The molecule has 0 fully saturated rings. The lowest BCUT2D eigenvalue weighted by Crippen LogP contribution is -2.03. The van der Waals surface area contributed by atoms with Crippen molar-refractivity contribution in [2.24, 2.45) is 0 Å². The van der Waals surface area contributed by atoms with Crippen LogP contribution in [0.4, 0.5) is 15.8 Å². The predicted octanol–water partition coefficient (Wildman–Crippen LogP) is 3.17. The number of halogens is 1. The molecule has 0 spiro atoms. The summed E-state index contributed by atoms with van der Waals surface area (Å²) in [6, 6.07) is 4.01. The van der Waals surface area contributed by atoms with E-state index in [-0.39, 0.29) is 17.2 Å². The van der Waals surface area contributed by atoms with E-state index in [0.717, 1.165) is 0 Å². The molecule has 22 heavy (non-hydrogen) atoms. The minimum absolute atomic E-state index is 0.00952. The van der Waals surface area contributed by atoms with Gasteiger partial charge in [0, 0.05) is 16.9 Å². The zero-order valence-electron chi connectivity index (χ0n) is 11.9. The number of aromatic amines is 1. The molecule has 1 aliphatic rings. The van der Waals surface area contributed by atoms with Gasteiger partial charge in [0.25, 0.3) is 11.6 Å². The highest BCUT2D eigenvalue weighted by molar-refractivity contribution is 6.34. The molecule has 0 atom stereocenters. The lowest BCUT2D eigenvalue weighted by atomic mass is 10.0. The number of rotatable bonds is 2. The molecular formula is C15H12FN3O3. The maximum absolute atomic E-state index is 13.4. The molecule has 0 radical (unpaired) electrons. The van der Waals surface area contributed by atoms with Crippen LogP contribution >= 0.6 is 0 Å². The van der Waals surface area contributed by atoms with Gasteiger partial charge in [-0.2, -0.15) is 0 Å². The minimum atomic E-state index is -0.467. The molecule has 1 aromatic carbocycles. The Kier molecular flexibility index (Phi) is 3.05. The van der Waals surface area contributed by atoms with Gasteiger partial charge in [0.2, 0.25) is 0 Å². The van der Waals surface area contributed by atoms with Gasteiger partial charge < -0.3 is 10.3 Å². The van der Waals surface area contributed by atoms with Crippen LogP contribution in [0.3, 0.4) is 0 Å². The number of H-pyrrole nitrogens is 1. The zero-order chi connectivity index (χ0) is 16.0. The average Bonchev–Trinajstić information content (AvgIpc) is 2.88. The smallest absolute Gasteiger partial charge is 0.293 e. The first kappa shape index (κ1) is 14.0. The summed E-state index contributed by atoms with van der Waals surface area (Å²) in [6.45, 7) is 3.20. The monoisotopic (exact) mass is 301 g/mol. The first-order valence-corrected chi connectivity index (χ1v) is 6.55. The van der Waals surface area contributed by atoms with E-state index in [1.165, 1.54) is 24.3 Å². The van der Waals surface area contributed by atoms with Gasteiger partial charge in [0.05, 0.1) is 21.8 Å². The summed E-state index contributed by atoms with van der Waals surface area (Å²) in [5.74, 6) is -0.818. The Morgan fingerprint density at radius 3 is 2.68 bits per heavy atom. The molecule has 0 aliphatic carbocycles. The normalized spacial score (nSPS) is 15.0. The van der Waals surface area contributed by atoms with Gasteiger partial charge in [-0.25, -0.2) is 4.39 Å². The van der Waals surface area contributed by atoms with Crippen LogP contribution in [0.2, 0.25) is 0 Å². The number of carbonyl (C=O) groups excluding carboxylic acids is 1. The van der Waals surface area contributed by atoms with Crippen LogP contribution in [0.25, 0.3) is 11.6 Å². The van der Waals surface area contributed by atoms with E-state index in [0.29, 0.717) is 28.2 Å². The van der Waals surface area contributed by atoms with E-state index in [4.69, 9.17) is 0 Å². The molecule has 6 nitrogen and oxygen atoms in total. The van der Waals surface area contributed by atoms with Crippen molar-refractivity contribution in [2.75, 3.05) is 5.32 Å². The molecule has 3 rings (SSSR count). The van der Waals surface area contributed by atoms with Crippen molar-refractivity contribution in [1.82, 2.24) is 4.98 Å². The average molecular weight is 301 g/mol. The fourth-order valence-corrected chi connectivity index (χ4v) is 2.63. The molecule has 0 unspecified atom stereocenters. The predicted molar refractivity (Wildman–Crippen MR) is 79.8 cm³/mol. The topological polar surface area (TPSA) is 88.0 Å². The molecule has 2 N–H and O–H groups in total. The van der Waals surface area contributed by atoms with Crippen molar-refractivity contribution in [1.29, 1.82) is 0 Å². The number of aromatic nitrogens is 1. The summed E-state index contributed by atoms with van der Waals surface area (Å²) < 4.78 is 13.4. The molecule has 1 aromatic heterocycles. The van der Waals surface area contributed by atoms with Crippen molar-refractivity contribution in [3.05, 3.63) is 56.6 Å². The minimum Gasteiger partial charge on any atom is -0.353 e. The van der Waals surface area contributed by atoms with Crippen molar-refractivity contribution >= 4 is 28.9 Å². The molecule has 0 bridgehead atoms. The SMILES string of the molecule is Cc1[nH]c(C=C2C(=O)Nc3ccc(F)cc32)c(C)c1[N+](=O)[O-]. The first-order chi connectivity index (χ1) is 10.4. The highest BCUT2D eigenvalue weighted by Crippen LogP contribution is 2.35. The van der Waals surface area contributed by atoms with E-state index in [1.807, 2.05) is 0 Å². The third kappa shape index (κ3) is 2.07. The van der Waals surface area contributed by atoms with Gasteiger partial charge in [-0.15, -0.1) is 0 Å². The van der Waals surface area contributed by atoms with E-state index < -0.39 is 10.7 Å². The molecule has 7 heteroatoms. The van der Waals surface area contributed by atoms with E-state index in [2.05, 4.69) is 10.3 Å². The number of amides is 1. The Balaban J connectivity index is 2.15. The molecule has 1 aliphatic heterocycles. The third-order valence-electron chi connectivity index (χ3n) is 3.67. The number of hydrogen-bond donors (Lipinski definition) is 2. The fourth-order valence-electron chi connectivity index (χ4n) is 2.63. The van der Waals surface area contributed by atoms with E-state index in [1.54, 1.807) is 13.8 Å². The molecule has 2 heterocycles.